The molecule has 3 N–H and O–H groups in total. The zero-order valence-corrected chi connectivity index (χ0v) is 17.1. The average molecular weight is 440 g/mol. The van der Waals surface area contributed by atoms with Crippen LogP contribution in [0.3, 0.4) is 0 Å². The molecule has 0 atom stereocenters. The number of nitrogens with one attached hydrogen (secondary N) is 3. The van der Waals surface area contributed by atoms with Crippen LogP contribution in [0.4, 0.5) is 14.6 Å². The summed E-state index contributed by atoms with van der Waals surface area (Å²) in [6.45, 7) is 0.237. The SMILES string of the molecule is O=C(Cc1cc2c(NC(=O)Cc3cccc(F)c3)[nH]nc2s1)NCc1cccc(F)c1. The summed E-state index contributed by atoms with van der Waals surface area (Å²) in [6, 6.07) is 13.7. The number of halogens is 2. The van der Waals surface area contributed by atoms with Gasteiger partial charge in [-0.15, -0.1) is 11.3 Å². The van der Waals surface area contributed by atoms with E-state index in [1.807, 2.05) is 0 Å². The molecule has 2 amide bonds. The molecule has 9 heteroatoms. The lowest BCUT2D eigenvalue weighted by atomic mass is 10.1. The molecule has 0 spiro atoms. The average Bonchev–Trinajstić information content (AvgIpc) is 3.27. The van der Waals surface area contributed by atoms with Gasteiger partial charge in [0.1, 0.15) is 22.3 Å². The molecular formula is C22H18F2N4O2S. The minimum absolute atomic E-state index is 0.0255. The van der Waals surface area contributed by atoms with Gasteiger partial charge >= 0.3 is 0 Å². The molecule has 0 fully saturated rings. The van der Waals surface area contributed by atoms with Crippen LogP contribution in [0.2, 0.25) is 0 Å². The maximum absolute atomic E-state index is 13.3. The van der Waals surface area contributed by atoms with E-state index in [-0.39, 0.29) is 37.0 Å². The summed E-state index contributed by atoms with van der Waals surface area (Å²) in [7, 11) is 0. The lowest BCUT2D eigenvalue weighted by Crippen LogP contribution is -2.24. The van der Waals surface area contributed by atoms with E-state index in [0.717, 1.165) is 4.88 Å². The third-order valence-corrected chi connectivity index (χ3v) is 5.56. The third-order valence-electron chi connectivity index (χ3n) is 4.53. The lowest BCUT2D eigenvalue weighted by Gasteiger charge is -2.05. The Morgan fingerprint density at radius 2 is 1.65 bits per heavy atom. The van der Waals surface area contributed by atoms with Crippen molar-refractivity contribution in [2.24, 2.45) is 0 Å². The number of carbonyl (C=O) groups is 2. The number of thiophene rings is 1. The fraction of sp³-hybridized carbons (Fsp3) is 0.136. The van der Waals surface area contributed by atoms with E-state index in [4.69, 9.17) is 0 Å². The quantitative estimate of drug-likeness (QED) is 0.407. The van der Waals surface area contributed by atoms with Crippen molar-refractivity contribution in [2.45, 2.75) is 19.4 Å². The van der Waals surface area contributed by atoms with E-state index in [2.05, 4.69) is 20.8 Å². The van der Waals surface area contributed by atoms with Crippen LogP contribution in [-0.2, 0) is 29.0 Å². The van der Waals surface area contributed by atoms with Gasteiger partial charge in [0.25, 0.3) is 0 Å². The van der Waals surface area contributed by atoms with Crippen LogP contribution in [-0.4, -0.2) is 22.0 Å². The zero-order chi connectivity index (χ0) is 21.8. The van der Waals surface area contributed by atoms with Crippen molar-refractivity contribution in [3.8, 4) is 0 Å². The topological polar surface area (TPSA) is 86.9 Å². The Kier molecular flexibility index (Phi) is 6.03. The monoisotopic (exact) mass is 440 g/mol. The molecule has 0 aliphatic carbocycles. The maximum Gasteiger partial charge on any atom is 0.229 e. The Morgan fingerprint density at radius 1 is 0.935 bits per heavy atom. The number of hydrogen-bond acceptors (Lipinski definition) is 4. The minimum atomic E-state index is -0.396. The van der Waals surface area contributed by atoms with E-state index in [0.29, 0.717) is 27.2 Å². The van der Waals surface area contributed by atoms with E-state index in [9.17, 15) is 18.4 Å². The molecule has 0 saturated heterocycles. The Morgan fingerprint density at radius 3 is 2.39 bits per heavy atom. The number of benzene rings is 2. The summed E-state index contributed by atoms with van der Waals surface area (Å²) in [6.07, 6.45) is 0.171. The van der Waals surface area contributed by atoms with Crippen LogP contribution in [0.25, 0.3) is 10.2 Å². The van der Waals surface area contributed by atoms with Crippen molar-refractivity contribution in [3.05, 3.63) is 82.2 Å². The number of fused-ring (bicyclic) bond motifs is 1. The third kappa shape index (κ3) is 5.32. The van der Waals surface area contributed by atoms with E-state index >= 15 is 0 Å². The van der Waals surface area contributed by atoms with Crippen LogP contribution in [0.1, 0.15) is 16.0 Å². The van der Waals surface area contributed by atoms with Gasteiger partial charge in [0.15, 0.2) is 0 Å². The Balaban J connectivity index is 1.36. The molecule has 4 rings (SSSR count). The van der Waals surface area contributed by atoms with E-state index < -0.39 is 5.82 Å². The van der Waals surface area contributed by atoms with Gasteiger partial charge in [-0.25, -0.2) is 8.78 Å². The molecule has 2 aromatic carbocycles. The highest BCUT2D eigenvalue weighted by Gasteiger charge is 2.15. The van der Waals surface area contributed by atoms with Crippen molar-refractivity contribution in [1.29, 1.82) is 0 Å². The van der Waals surface area contributed by atoms with Crippen molar-refractivity contribution >= 4 is 39.2 Å². The molecule has 6 nitrogen and oxygen atoms in total. The normalized spacial score (nSPS) is 10.9. The molecule has 31 heavy (non-hydrogen) atoms. The molecule has 158 valence electrons. The zero-order valence-electron chi connectivity index (χ0n) is 16.2. The molecule has 0 radical (unpaired) electrons. The van der Waals surface area contributed by atoms with Gasteiger partial charge in [0.05, 0.1) is 18.2 Å². The largest absolute Gasteiger partial charge is 0.352 e. The van der Waals surface area contributed by atoms with Crippen molar-refractivity contribution in [1.82, 2.24) is 15.5 Å². The maximum atomic E-state index is 13.3. The van der Waals surface area contributed by atoms with Gasteiger partial charge in [0, 0.05) is 11.4 Å². The molecular weight excluding hydrogens is 422 g/mol. The predicted octanol–water partition coefficient (Wildman–Crippen LogP) is 3.94. The number of anilines is 1. The first-order valence-electron chi connectivity index (χ1n) is 9.48. The standard InChI is InChI=1S/C22H18F2N4O2S/c23-15-5-1-3-13(7-15)9-20(30)26-21-18-10-17(31-22(18)28-27-21)11-19(29)25-12-14-4-2-6-16(24)8-14/h1-8,10H,9,11-12H2,(H,25,29)(H2,26,27,28,30). The summed E-state index contributed by atoms with van der Waals surface area (Å²) >= 11 is 1.34. The van der Waals surface area contributed by atoms with Crippen LogP contribution >= 0.6 is 11.3 Å². The highest BCUT2D eigenvalue weighted by Crippen LogP contribution is 2.29. The Labute approximate surface area is 180 Å². The first kappa shape index (κ1) is 20.7. The van der Waals surface area contributed by atoms with Crippen molar-refractivity contribution in [2.75, 3.05) is 5.32 Å². The summed E-state index contributed by atoms with van der Waals surface area (Å²) < 4.78 is 26.5. The summed E-state index contributed by atoms with van der Waals surface area (Å²) in [5, 5.41) is 13.1. The first-order chi connectivity index (χ1) is 15.0. The van der Waals surface area contributed by atoms with E-state index in [1.54, 1.807) is 30.3 Å². The number of aromatic amines is 1. The number of carbonyl (C=O) groups excluding carboxylic acids is 2. The van der Waals surface area contributed by atoms with Crippen molar-refractivity contribution < 1.29 is 18.4 Å². The second-order valence-corrected chi connectivity index (χ2v) is 8.08. The molecule has 2 heterocycles. The van der Waals surface area contributed by atoms with E-state index in [1.165, 1.54) is 35.6 Å². The highest BCUT2D eigenvalue weighted by molar-refractivity contribution is 7.18. The second-order valence-electron chi connectivity index (χ2n) is 6.97. The van der Waals surface area contributed by atoms with Gasteiger partial charge in [-0.05, 0) is 41.5 Å². The van der Waals surface area contributed by atoms with Gasteiger partial charge in [-0.3, -0.25) is 14.7 Å². The minimum Gasteiger partial charge on any atom is -0.352 e. The molecule has 4 aromatic rings. The molecule has 0 unspecified atom stereocenters. The number of nitrogens with zero attached hydrogens (tertiary/aromatic N) is 1. The molecule has 0 saturated carbocycles. The first-order valence-corrected chi connectivity index (χ1v) is 10.3. The fourth-order valence-corrected chi connectivity index (χ4v) is 4.12. The van der Waals surface area contributed by atoms with Crippen LogP contribution < -0.4 is 10.6 Å². The number of hydrogen-bond donors (Lipinski definition) is 3. The molecule has 0 aliphatic heterocycles. The molecule has 0 bridgehead atoms. The lowest BCUT2D eigenvalue weighted by molar-refractivity contribution is -0.120. The number of aromatic nitrogens is 2. The van der Waals surface area contributed by atoms with Gasteiger partial charge in [-0.1, -0.05) is 24.3 Å². The smallest absolute Gasteiger partial charge is 0.229 e. The Bertz CT molecular complexity index is 1250. The van der Waals surface area contributed by atoms with Crippen LogP contribution in [0, 0.1) is 11.6 Å². The van der Waals surface area contributed by atoms with Crippen molar-refractivity contribution in [3.63, 3.8) is 0 Å². The summed E-state index contributed by atoms with van der Waals surface area (Å²) in [5.41, 5.74) is 1.24. The Hall–Kier alpha value is -3.59. The number of amides is 2. The summed E-state index contributed by atoms with van der Waals surface area (Å²) in [5.74, 6) is -0.824. The molecule has 0 aliphatic rings. The number of rotatable bonds is 7. The van der Waals surface area contributed by atoms with Gasteiger partial charge in [-0.2, -0.15) is 5.10 Å². The highest BCUT2D eigenvalue weighted by atomic mass is 32.1. The fourth-order valence-electron chi connectivity index (χ4n) is 3.13. The van der Waals surface area contributed by atoms with Crippen LogP contribution in [0.5, 0.6) is 0 Å². The predicted molar refractivity (Wildman–Crippen MR) is 115 cm³/mol. The number of H-pyrrole nitrogens is 1. The molecule has 2 aromatic heterocycles. The van der Waals surface area contributed by atoms with Crippen LogP contribution in [0.15, 0.2) is 54.6 Å². The second kappa shape index (κ2) is 9.05. The summed E-state index contributed by atoms with van der Waals surface area (Å²) in [4.78, 5) is 26.0. The van der Waals surface area contributed by atoms with Gasteiger partial charge in [0.2, 0.25) is 11.8 Å². The van der Waals surface area contributed by atoms with Gasteiger partial charge < -0.3 is 10.6 Å².